The van der Waals surface area contributed by atoms with Gasteiger partial charge < -0.3 is 15.4 Å². The lowest BCUT2D eigenvalue weighted by atomic mass is 10.1. The zero-order chi connectivity index (χ0) is 16.3. The summed E-state index contributed by atoms with van der Waals surface area (Å²) in [7, 11) is -1.01. The number of nitrogens with one attached hydrogen (secondary N) is 1. The Morgan fingerprint density at radius 3 is 2.74 bits per heavy atom. The summed E-state index contributed by atoms with van der Waals surface area (Å²) in [5.41, 5.74) is 6.00. The van der Waals surface area contributed by atoms with E-state index in [0.717, 1.165) is 12.8 Å². The van der Waals surface area contributed by atoms with Crippen LogP contribution in [0.2, 0.25) is 0 Å². The number of amides is 1. The van der Waals surface area contributed by atoms with E-state index in [9.17, 15) is 13.2 Å². The number of benzene rings is 1. The molecule has 1 saturated heterocycles. The number of halogens is 1. The van der Waals surface area contributed by atoms with Gasteiger partial charge in [0.2, 0.25) is 10.0 Å². The lowest BCUT2D eigenvalue weighted by molar-refractivity contribution is 0.0741. The summed E-state index contributed by atoms with van der Waals surface area (Å²) in [5, 5.41) is 0. The Labute approximate surface area is 142 Å². The van der Waals surface area contributed by atoms with Crippen molar-refractivity contribution in [2.45, 2.75) is 23.8 Å². The molecule has 0 saturated carbocycles. The van der Waals surface area contributed by atoms with Crippen molar-refractivity contribution >= 4 is 28.3 Å². The molecule has 1 aromatic carbocycles. The van der Waals surface area contributed by atoms with Gasteiger partial charge >= 0.3 is 0 Å². The fourth-order valence-electron chi connectivity index (χ4n) is 2.64. The standard InChI is InChI=1S/C14H21N3O4S.ClH/c1-16-22(19,20)13-8-10(5-6-12(13)21-2)14(18)17-7-3-4-11(17)9-15;/h5-6,8,11,16H,3-4,7,9,15H2,1-2H3;1H. The molecule has 1 aliphatic rings. The number of rotatable bonds is 5. The lowest BCUT2D eigenvalue weighted by Gasteiger charge is -2.24. The first-order chi connectivity index (χ1) is 10.4. The fraction of sp³-hybridized carbons (Fsp3) is 0.500. The van der Waals surface area contributed by atoms with Crippen molar-refractivity contribution in [1.82, 2.24) is 9.62 Å². The van der Waals surface area contributed by atoms with E-state index in [1.54, 1.807) is 11.0 Å². The van der Waals surface area contributed by atoms with Gasteiger partial charge in [-0.15, -0.1) is 12.4 Å². The molecule has 3 N–H and O–H groups in total. The van der Waals surface area contributed by atoms with E-state index in [0.29, 0.717) is 18.7 Å². The average molecular weight is 364 g/mol. The second kappa shape index (κ2) is 7.96. The minimum absolute atomic E-state index is 0. The first kappa shape index (κ1) is 19.7. The Balaban J connectivity index is 0.00000264. The van der Waals surface area contributed by atoms with Gasteiger partial charge in [-0.05, 0) is 38.1 Å². The van der Waals surface area contributed by atoms with Gasteiger partial charge in [-0.2, -0.15) is 0 Å². The Morgan fingerprint density at radius 1 is 1.48 bits per heavy atom. The van der Waals surface area contributed by atoms with Crippen LogP contribution in [0.3, 0.4) is 0 Å². The highest BCUT2D eigenvalue weighted by Crippen LogP contribution is 2.27. The largest absolute Gasteiger partial charge is 0.495 e. The molecule has 9 heteroatoms. The van der Waals surface area contributed by atoms with Crippen molar-refractivity contribution in [3.63, 3.8) is 0 Å². The molecule has 1 aromatic rings. The topological polar surface area (TPSA) is 102 Å². The third-order valence-corrected chi connectivity index (χ3v) is 5.31. The summed E-state index contributed by atoms with van der Waals surface area (Å²) in [6.45, 7) is 1.05. The van der Waals surface area contributed by atoms with Crippen LogP contribution in [-0.2, 0) is 10.0 Å². The highest BCUT2D eigenvalue weighted by Gasteiger charge is 2.29. The smallest absolute Gasteiger partial charge is 0.254 e. The number of hydrogen-bond donors (Lipinski definition) is 2. The van der Waals surface area contributed by atoms with Gasteiger partial charge in [-0.3, -0.25) is 4.79 Å². The van der Waals surface area contributed by atoms with Crippen molar-refractivity contribution in [3.8, 4) is 5.75 Å². The van der Waals surface area contributed by atoms with Crippen LogP contribution < -0.4 is 15.2 Å². The number of methoxy groups -OCH3 is 1. The van der Waals surface area contributed by atoms with Gasteiger partial charge in [0.15, 0.2) is 0 Å². The minimum atomic E-state index is -3.71. The second-order valence-corrected chi connectivity index (χ2v) is 6.96. The predicted octanol–water partition coefficient (Wildman–Crippen LogP) is 0.588. The van der Waals surface area contributed by atoms with Crippen LogP contribution in [-0.4, -0.2) is 52.5 Å². The van der Waals surface area contributed by atoms with Crippen LogP contribution in [0.5, 0.6) is 5.75 Å². The predicted molar refractivity (Wildman–Crippen MR) is 89.6 cm³/mol. The number of hydrogen-bond acceptors (Lipinski definition) is 5. The Bertz CT molecular complexity index is 666. The van der Waals surface area contributed by atoms with Gasteiger partial charge in [0.1, 0.15) is 10.6 Å². The molecule has 0 aromatic heterocycles. The molecule has 1 aliphatic heterocycles. The summed E-state index contributed by atoms with van der Waals surface area (Å²) in [5.74, 6) is -0.00847. The van der Waals surface area contributed by atoms with Gasteiger partial charge in [0, 0.05) is 24.7 Å². The lowest BCUT2D eigenvalue weighted by Crippen LogP contribution is -2.40. The van der Waals surface area contributed by atoms with E-state index in [2.05, 4.69) is 4.72 Å². The molecule has 130 valence electrons. The second-order valence-electron chi connectivity index (χ2n) is 5.10. The quantitative estimate of drug-likeness (QED) is 0.797. The van der Waals surface area contributed by atoms with Crippen molar-refractivity contribution in [2.24, 2.45) is 5.73 Å². The third-order valence-electron chi connectivity index (χ3n) is 3.88. The average Bonchev–Trinajstić information content (AvgIpc) is 3.02. The van der Waals surface area contributed by atoms with E-state index < -0.39 is 10.0 Å². The number of carbonyl (C=O) groups is 1. The molecule has 1 unspecified atom stereocenters. The Hall–Kier alpha value is -1.35. The highest BCUT2D eigenvalue weighted by molar-refractivity contribution is 7.89. The normalized spacial score (nSPS) is 17.7. The molecule has 7 nitrogen and oxygen atoms in total. The van der Waals surface area contributed by atoms with E-state index in [1.807, 2.05) is 0 Å². The molecule has 0 spiro atoms. The summed E-state index contributed by atoms with van der Waals surface area (Å²) in [6, 6.07) is 4.42. The number of likely N-dealkylation sites (tertiary alicyclic amines) is 1. The molecule has 1 amide bonds. The van der Waals surface area contributed by atoms with Crippen LogP contribution in [0.1, 0.15) is 23.2 Å². The monoisotopic (exact) mass is 363 g/mol. The van der Waals surface area contributed by atoms with Crippen LogP contribution in [0, 0.1) is 0 Å². The molecule has 1 atom stereocenters. The highest BCUT2D eigenvalue weighted by atomic mass is 35.5. The SMILES string of the molecule is CNS(=O)(=O)c1cc(C(=O)N2CCCC2CN)ccc1OC.Cl. The first-order valence-corrected chi connectivity index (χ1v) is 8.55. The zero-order valence-corrected chi connectivity index (χ0v) is 14.7. The first-order valence-electron chi connectivity index (χ1n) is 7.07. The molecule has 23 heavy (non-hydrogen) atoms. The summed E-state index contributed by atoms with van der Waals surface area (Å²) in [6.07, 6.45) is 1.78. The van der Waals surface area contributed by atoms with Gasteiger partial charge in [0.05, 0.1) is 7.11 Å². The molecular weight excluding hydrogens is 342 g/mol. The van der Waals surface area contributed by atoms with Crippen molar-refractivity contribution in [1.29, 1.82) is 0 Å². The molecule has 1 heterocycles. The summed E-state index contributed by atoms with van der Waals surface area (Å²) < 4.78 is 31.4. The Kier molecular flexibility index (Phi) is 6.82. The van der Waals surface area contributed by atoms with Crippen LogP contribution >= 0.6 is 12.4 Å². The number of sulfonamides is 1. The number of ether oxygens (including phenoxy) is 1. The van der Waals surface area contributed by atoms with Gasteiger partial charge in [-0.25, -0.2) is 13.1 Å². The van der Waals surface area contributed by atoms with Crippen LogP contribution in [0.15, 0.2) is 23.1 Å². The zero-order valence-electron chi connectivity index (χ0n) is 13.1. The van der Waals surface area contributed by atoms with E-state index in [-0.39, 0.29) is 35.0 Å². The maximum absolute atomic E-state index is 12.6. The molecule has 0 aliphatic carbocycles. The third kappa shape index (κ3) is 3.95. The summed E-state index contributed by atoms with van der Waals surface area (Å²) in [4.78, 5) is 14.3. The maximum atomic E-state index is 12.6. The Morgan fingerprint density at radius 2 is 2.17 bits per heavy atom. The molecule has 1 fully saturated rings. The number of carbonyl (C=O) groups excluding carboxylic acids is 1. The summed E-state index contributed by atoms with van der Waals surface area (Å²) >= 11 is 0. The van der Waals surface area contributed by atoms with Crippen molar-refractivity contribution in [2.75, 3.05) is 27.2 Å². The van der Waals surface area contributed by atoms with E-state index in [4.69, 9.17) is 10.5 Å². The maximum Gasteiger partial charge on any atom is 0.254 e. The van der Waals surface area contributed by atoms with Gasteiger partial charge in [-0.1, -0.05) is 0 Å². The van der Waals surface area contributed by atoms with Crippen LogP contribution in [0.4, 0.5) is 0 Å². The molecule has 0 bridgehead atoms. The van der Waals surface area contributed by atoms with E-state index in [1.165, 1.54) is 26.3 Å². The number of nitrogens with zero attached hydrogens (tertiary/aromatic N) is 1. The van der Waals surface area contributed by atoms with Crippen molar-refractivity contribution in [3.05, 3.63) is 23.8 Å². The fourth-order valence-corrected chi connectivity index (χ4v) is 3.56. The minimum Gasteiger partial charge on any atom is -0.495 e. The number of nitrogens with two attached hydrogens (primary N) is 1. The molecule has 2 rings (SSSR count). The van der Waals surface area contributed by atoms with Crippen molar-refractivity contribution < 1.29 is 17.9 Å². The molecular formula is C14H22ClN3O4S. The molecule has 0 radical (unpaired) electrons. The van der Waals surface area contributed by atoms with Gasteiger partial charge in [0.25, 0.3) is 5.91 Å². The van der Waals surface area contributed by atoms with E-state index >= 15 is 0 Å². The van der Waals surface area contributed by atoms with Crippen LogP contribution in [0.25, 0.3) is 0 Å².